The van der Waals surface area contributed by atoms with E-state index in [-0.39, 0.29) is 11.6 Å². The van der Waals surface area contributed by atoms with Crippen LogP contribution in [0.3, 0.4) is 0 Å². The van der Waals surface area contributed by atoms with E-state index in [1.807, 2.05) is 19.0 Å². The van der Waals surface area contributed by atoms with Crippen molar-refractivity contribution in [2.75, 3.05) is 20.6 Å². The highest BCUT2D eigenvalue weighted by molar-refractivity contribution is 7.89. The van der Waals surface area contributed by atoms with Crippen LogP contribution in [0.15, 0.2) is 23.1 Å². The summed E-state index contributed by atoms with van der Waals surface area (Å²) in [5, 5.41) is 8.73. The van der Waals surface area contributed by atoms with Crippen LogP contribution in [0, 0.1) is 5.82 Å². The molecule has 0 saturated heterocycles. The van der Waals surface area contributed by atoms with E-state index in [4.69, 9.17) is 5.11 Å². The first-order valence-corrected chi connectivity index (χ1v) is 7.81. The lowest BCUT2D eigenvalue weighted by atomic mass is 10.2. The van der Waals surface area contributed by atoms with Gasteiger partial charge in [-0.1, -0.05) is 0 Å². The molecule has 0 radical (unpaired) electrons. The summed E-state index contributed by atoms with van der Waals surface area (Å²) in [5.74, 6) is -2.40. The quantitative estimate of drug-likeness (QED) is 0.787. The van der Waals surface area contributed by atoms with Gasteiger partial charge in [0.1, 0.15) is 10.7 Å². The van der Waals surface area contributed by atoms with Gasteiger partial charge in [-0.25, -0.2) is 22.3 Å². The number of carbonyl (C=O) groups is 1. The monoisotopic (exact) mass is 318 g/mol. The zero-order chi connectivity index (χ0) is 16.2. The number of nitrogens with one attached hydrogen (secondary N) is 1. The molecule has 1 aromatic rings. The second-order valence-electron chi connectivity index (χ2n) is 5.06. The van der Waals surface area contributed by atoms with Gasteiger partial charge in [0.15, 0.2) is 0 Å². The van der Waals surface area contributed by atoms with E-state index in [2.05, 4.69) is 4.72 Å². The van der Waals surface area contributed by atoms with Crippen molar-refractivity contribution < 1.29 is 22.7 Å². The third-order valence-corrected chi connectivity index (χ3v) is 4.46. The van der Waals surface area contributed by atoms with Crippen LogP contribution in [-0.4, -0.2) is 51.1 Å². The summed E-state index contributed by atoms with van der Waals surface area (Å²) in [6, 6.07) is 2.35. The molecule has 0 bridgehead atoms. The Morgan fingerprint density at radius 3 is 2.52 bits per heavy atom. The van der Waals surface area contributed by atoms with Crippen LogP contribution in [-0.2, 0) is 10.0 Å². The van der Waals surface area contributed by atoms with Crippen molar-refractivity contribution >= 4 is 16.0 Å². The number of carboxylic acids is 1. The second-order valence-corrected chi connectivity index (χ2v) is 6.75. The van der Waals surface area contributed by atoms with E-state index in [0.717, 1.165) is 12.1 Å². The minimum atomic E-state index is -4.02. The molecule has 0 aliphatic rings. The lowest BCUT2D eigenvalue weighted by Gasteiger charge is -2.17. The molecule has 0 fully saturated rings. The van der Waals surface area contributed by atoms with Crippen molar-refractivity contribution in [3.8, 4) is 0 Å². The number of carboxylic acid groups (broad SMARTS) is 1. The van der Waals surface area contributed by atoms with Gasteiger partial charge in [-0.2, -0.15) is 0 Å². The highest BCUT2D eigenvalue weighted by atomic mass is 32.2. The first-order valence-electron chi connectivity index (χ1n) is 6.33. The fourth-order valence-electron chi connectivity index (χ4n) is 1.69. The average molecular weight is 318 g/mol. The van der Waals surface area contributed by atoms with Gasteiger partial charge in [-0.3, -0.25) is 0 Å². The largest absolute Gasteiger partial charge is 0.478 e. The summed E-state index contributed by atoms with van der Waals surface area (Å²) in [4.78, 5) is 12.1. The Hall–Kier alpha value is -1.51. The number of sulfonamides is 1. The lowest BCUT2D eigenvalue weighted by molar-refractivity contribution is 0.0696. The lowest BCUT2D eigenvalue weighted by Crippen LogP contribution is -2.35. The maximum Gasteiger partial charge on any atom is 0.335 e. The summed E-state index contributed by atoms with van der Waals surface area (Å²) in [7, 11) is -0.284. The molecule has 0 spiro atoms. The SMILES string of the molecule is CC(CCN(C)C)NS(=O)(=O)c1ccc(C(=O)O)cc1F. The molecule has 1 atom stereocenters. The van der Waals surface area contributed by atoms with Crippen molar-refractivity contribution in [2.45, 2.75) is 24.3 Å². The number of hydrogen-bond acceptors (Lipinski definition) is 4. The van der Waals surface area contributed by atoms with Crippen LogP contribution < -0.4 is 4.72 Å². The van der Waals surface area contributed by atoms with Gasteiger partial charge < -0.3 is 10.0 Å². The van der Waals surface area contributed by atoms with Crippen LogP contribution in [0.25, 0.3) is 0 Å². The molecule has 6 nitrogen and oxygen atoms in total. The summed E-state index contributed by atoms with van der Waals surface area (Å²) >= 11 is 0. The third-order valence-electron chi connectivity index (χ3n) is 2.83. The molecule has 21 heavy (non-hydrogen) atoms. The first kappa shape index (κ1) is 17.5. The average Bonchev–Trinajstić information content (AvgIpc) is 2.35. The maximum absolute atomic E-state index is 13.8. The van der Waals surface area contributed by atoms with Gasteiger partial charge in [-0.15, -0.1) is 0 Å². The Balaban J connectivity index is 2.90. The van der Waals surface area contributed by atoms with Crippen molar-refractivity contribution in [1.82, 2.24) is 9.62 Å². The Labute approximate surface area is 123 Å². The number of benzene rings is 1. The Morgan fingerprint density at radius 1 is 1.43 bits per heavy atom. The van der Waals surface area contributed by atoms with Gasteiger partial charge in [0.05, 0.1) is 5.56 Å². The molecule has 2 N–H and O–H groups in total. The summed E-state index contributed by atoms with van der Waals surface area (Å²) < 4.78 is 40.3. The predicted octanol–water partition coefficient (Wildman–Crippen LogP) is 1.14. The Morgan fingerprint density at radius 2 is 2.05 bits per heavy atom. The number of rotatable bonds is 7. The molecule has 0 saturated carbocycles. The van der Waals surface area contributed by atoms with Crippen molar-refractivity contribution in [1.29, 1.82) is 0 Å². The van der Waals surface area contributed by atoms with Crippen LogP contribution in [0.4, 0.5) is 4.39 Å². The zero-order valence-corrected chi connectivity index (χ0v) is 12.9. The maximum atomic E-state index is 13.8. The van der Waals surface area contributed by atoms with Crippen molar-refractivity contribution in [3.63, 3.8) is 0 Å². The first-order chi connectivity index (χ1) is 9.63. The van der Waals surface area contributed by atoms with E-state index < -0.39 is 26.7 Å². The molecular weight excluding hydrogens is 299 g/mol. The van der Waals surface area contributed by atoms with Crippen molar-refractivity contribution in [3.05, 3.63) is 29.6 Å². The van der Waals surface area contributed by atoms with Gasteiger partial charge in [0.2, 0.25) is 10.0 Å². The van der Waals surface area contributed by atoms with Crippen molar-refractivity contribution in [2.24, 2.45) is 0 Å². The van der Waals surface area contributed by atoms with Gasteiger partial charge in [-0.05, 0) is 52.2 Å². The topological polar surface area (TPSA) is 86.7 Å². The van der Waals surface area contributed by atoms with Crippen LogP contribution in [0.1, 0.15) is 23.7 Å². The minimum absolute atomic E-state index is 0.299. The van der Waals surface area contributed by atoms with E-state index in [1.165, 1.54) is 0 Å². The fourth-order valence-corrected chi connectivity index (χ4v) is 3.03. The molecule has 8 heteroatoms. The number of nitrogens with zero attached hydrogens (tertiary/aromatic N) is 1. The highest BCUT2D eigenvalue weighted by Gasteiger charge is 2.22. The molecule has 0 aliphatic heterocycles. The van der Waals surface area contributed by atoms with E-state index in [9.17, 15) is 17.6 Å². The number of halogens is 1. The highest BCUT2D eigenvalue weighted by Crippen LogP contribution is 2.17. The fraction of sp³-hybridized carbons (Fsp3) is 0.462. The van der Waals surface area contributed by atoms with Gasteiger partial charge in [0.25, 0.3) is 0 Å². The molecular formula is C13H19FN2O4S. The van der Waals surface area contributed by atoms with E-state index in [1.54, 1.807) is 6.92 Å². The molecule has 0 heterocycles. The Bertz CT molecular complexity index is 617. The summed E-state index contributed by atoms with van der Waals surface area (Å²) in [6.45, 7) is 2.37. The van der Waals surface area contributed by atoms with Gasteiger partial charge in [0, 0.05) is 6.04 Å². The van der Waals surface area contributed by atoms with Gasteiger partial charge >= 0.3 is 5.97 Å². The molecule has 0 aliphatic carbocycles. The summed E-state index contributed by atoms with van der Waals surface area (Å²) in [5.41, 5.74) is -0.299. The van der Waals surface area contributed by atoms with E-state index in [0.29, 0.717) is 19.0 Å². The normalized spacial score (nSPS) is 13.4. The minimum Gasteiger partial charge on any atom is -0.478 e. The Kier molecular flexibility index (Phi) is 5.82. The summed E-state index contributed by atoms with van der Waals surface area (Å²) in [6.07, 6.45) is 0.570. The van der Waals surface area contributed by atoms with Crippen LogP contribution in [0.2, 0.25) is 0 Å². The standard InChI is InChI=1S/C13H19FN2O4S/c1-9(6-7-16(2)3)15-21(19,20)12-5-4-10(13(17)18)8-11(12)14/h4-5,8-9,15H,6-7H2,1-3H3,(H,17,18). The third kappa shape index (κ3) is 5.07. The van der Waals surface area contributed by atoms with E-state index >= 15 is 0 Å². The number of hydrogen-bond donors (Lipinski definition) is 2. The molecule has 0 amide bonds. The molecule has 0 aromatic heterocycles. The van der Waals surface area contributed by atoms with Crippen LogP contribution in [0.5, 0.6) is 0 Å². The van der Waals surface area contributed by atoms with Crippen LogP contribution >= 0.6 is 0 Å². The molecule has 1 aromatic carbocycles. The molecule has 1 unspecified atom stereocenters. The number of aromatic carboxylic acids is 1. The zero-order valence-electron chi connectivity index (χ0n) is 12.1. The second kappa shape index (κ2) is 6.97. The molecule has 118 valence electrons. The molecule has 1 rings (SSSR count). The predicted molar refractivity (Wildman–Crippen MR) is 76.3 cm³/mol. The smallest absolute Gasteiger partial charge is 0.335 e.